The van der Waals surface area contributed by atoms with E-state index in [1.165, 1.54) is 0 Å². The van der Waals surface area contributed by atoms with Crippen molar-refractivity contribution in [2.75, 3.05) is 65.8 Å². The zero-order chi connectivity index (χ0) is 59.9. The lowest BCUT2D eigenvalue weighted by Crippen LogP contribution is -2.55. The Morgan fingerprint density at radius 1 is 0.694 bits per heavy atom. The molecule has 10 rings (SSSR count). The molecule has 0 saturated carbocycles. The van der Waals surface area contributed by atoms with Crippen molar-refractivity contribution in [1.29, 1.82) is 0 Å². The summed E-state index contributed by atoms with van der Waals surface area (Å²) >= 11 is 0. The zero-order valence-electron chi connectivity index (χ0n) is 48.8. The predicted octanol–water partition coefficient (Wildman–Crippen LogP) is 9.03. The number of nitrogens with zero attached hydrogens (tertiary/aromatic N) is 8. The fraction of sp³-hybridized carbons (Fsp3) is 0.583. The fourth-order valence-corrected chi connectivity index (χ4v) is 8.42. The number of aliphatic hydroxyl groups is 1. The molecule has 0 aliphatic carbocycles. The van der Waals surface area contributed by atoms with Crippen LogP contribution in [0.5, 0.6) is 17.2 Å². The van der Waals surface area contributed by atoms with Gasteiger partial charge in [0.2, 0.25) is 6.54 Å². The van der Waals surface area contributed by atoms with Gasteiger partial charge in [-0.25, -0.2) is 9.59 Å². The van der Waals surface area contributed by atoms with Crippen molar-refractivity contribution in [1.82, 2.24) is 40.4 Å². The molecule has 5 aliphatic rings. The number of hydrogen-bond acceptors (Lipinski definition) is 22. The highest BCUT2D eigenvalue weighted by molar-refractivity contribution is 5.70. The first-order chi connectivity index (χ1) is 40.4. The van der Waals surface area contributed by atoms with E-state index in [1.807, 2.05) is 59.7 Å². The normalized spacial score (nSPS) is 19.7. The highest BCUT2D eigenvalue weighted by atomic mass is 16.7. The molecule has 5 saturated heterocycles. The molecule has 464 valence electrons. The van der Waals surface area contributed by atoms with Crippen LogP contribution in [-0.4, -0.2) is 165 Å². The number of likely N-dealkylation sites (tertiary alicyclic amines) is 2. The summed E-state index contributed by atoms with van der Waals surface area (Å²) in [5, 5.41) is 30.0. The molecule has 2 amide bonds. The molecule has 0 spiro atoms. The molecule has 5 aromatic rings. The van der Waals surface area contributed by atoms with Gasteiger partial charge in [-0.05, 0) is 124 Å². The summed E-state index contributed by atoms with van der Waals surface area (Å²) in [6, 6.07) is 9.44. The lowest BCUT2D eigenvalue weighted by molar-refractivity contribution is -0.485. The number of aromatic nitrogens is 5. The molecule has 25 heteroatoms. The molecule has 5 aliphatic heterocycles. The molecule has 0 radical (unpaired) electrons. The van der Waals surface area contributed by atoms with Crippen molar-refractivity contribution >= 4 is 12.2 Å². The monoisotopic (exact) mass is 1190 g/mol. The molecule has 10 heterocycles. The van der Waals surface area contributed by atoms with Gasteiger partial charge in [0.25, 0.3) is 0 Å². The van der Waals surface area contributed by atoms with Crippen LogP contribution in [0.25, 0.3) is 22.6 Å². The molecule has 2 unspecified atom stereocenters. The van der Waals surface area contributed by atoms with E-state index in [-0.39, 0.29) is 69.0 Å². The van der Waals surface area contributed by atoms with Gasteiger partial charge in [-0.2, -0.15) is 0 Å². The van der Waals surface area contributed by atoms with Crippen LogP contribution >= 0.6 is 0 Å². The second-order valence-corrected chi connectivity index (χ2v) is 22.3. The van der Waals surface area contributed by atoms with Crippen LogP contribution in [0.15, 0.2) is 76.6 Å². The van der Waals surface area contributed by atoms with E-state index in [9.17, 15) is 19.7 Å². The topological polar surface area (TPSA) is 290 Å². The third kappa shape index (κ3) is 22.8. The number of rotatable bonds is 19. The Labute approximate surface area is 496 Å². The first kappa shape index (κ1) is 66.7. The highest BCUT2D eigenvalue weighted by Gasteiger charge is 2.37. The van der Waals surface area contributed by atoms with Crippen molar-refractivity contribution in [3.63, 3.8) is 0 Å². The summed E-state index contributed by atoms with van der Waals surface area (Å²) in [6.45, 7) is 16.7. The van der Waals surface area contributed by atoms with Gasteiger partial charge in [0.15, 0.2) is 24.1 Å². The largest absolute Gasteiger partial charge is 0.490 e. The van der Waals surface area contributed by atoms with Gasteiger partial charge >= 0.3 is 12.2 Å². The zero-order valence-corrected chi connectivity index (χ0v) is 48.8. The fourth-order valence-electron chi connectivity index (χ4n) is 8.42. The summed E-state index contributed by atoms with van der Waals surface area (Å²) in [4.78, 5) is 49.5. The lowest BCUT2D eigenvalue weighted by Gasteiger charge is -2.40. The van der Waals surface area contributed by atoms with E-state index >= 15 is 0 Å². The first-order valence-corrected chi connectivity index (χ1v) is 28.4. The Morgan fingerprint density at radius 2 is 1.19 bits per heavy atom. The number of nitro groups is 1. The summed E-state index contributed by atoms with van der Waals surface area (Å²) in [6.07, 6.45) is 23.3. The number of amides is 2. The predicted molar refractivity (Wildman–Crippen MR) is 310 cm³/mol. The number of carbonyl (C=O) groups excluding carboxylic acids is 2. The summed E-state index contributed by atoms with van der Waals surface area (Å²) in [5.74, 6) is 5.58. The number of terminal acetylenes is 1. The van der Waals surface area contributed by atoms with Gasteiger partial charge in [0, 0.05) is 84.7 Å². The van der Waals surface area contributed by atoms with Gasteiger partial charge in [0.1, 0.15) is 66.3 Å². The van der Waals surface area contributed by atoms with Gasteiger partial charge in [-0.15, -0.1) is 6.42 Å². The maximum atomic E-state index is 12.3. The van der Waals surface area contributed by atoms with Crippen molar-refractivity contribution in [2.45, 2.75) is 162 Å². The van der Waals surface area contributed by atoms with Gasteiger partial charge < -0.3 is 71.9 Å². The number of aliphatic hydroxyl groups excluding tert-OH is 1. The Bertz CT molecular complexity index is 2870. The van der Waals surface area contributed by atoms with Crippen LogP contribution in [0, 0.1) is 22.5 Å². The van der Waals surface area contributed by atoms with Crippen LogP contribution in [-0.2, 0) is 41.6 Å². The van der Waals surface area contributed by atoms with E-state index in [0.717, 1.165) is 82.1 Å². The molecule has 5 atom stereocenters. The van der Waals surface area contributed by atoms with Crippen LogP contribution in [0.3, 0.4) is 0 Å². The van der Waals surface area contributed by atoms with Crippen molar-refractivity contribution in [2.24, 2.45) is 0 Å². The number of nitrogens with one attached hydrogen (secondary N) is 1. The van der Waals surface area contributed by atoms with E-state index < -0.39 is 11.2 Å². The number of carbonyl (C=O) groups is 2. The minimum Gasteiger partial charge on any atom is -0.490 e. The second kappa shape index (κ2) is 33.3. The van der Waals surface area contributed by atoms with Crippen LogP contribution < -0.4 is 19.5 Å². The molecule has 0 aromatic carbocycles. The molecular formula is C60H83N9O16. The van der Waals surface area contributed by atoms with Crippen LogP contribution in [0.4, 0.5) is 9.59 Å². The average Bonchev–Trinajstić information content (AvgIpc) is 3.79. The summed E-state index contributed by atoms with van der Waals surface area (Å²) in [5.41, 5.74) is 2.41. The Kier molecular flexibility index (Phi) is 26.1. The van der Waals surface area contributed by atoms with Crippen LogP contribution in [0.2, 0.25) is 0 Å². The molecule has 0 bridgehead atoms. The van der Waals surface area contributed by atoms with Crippen molar-refractivity contribution < 1.29 is 71.3 Å². The first-order valence-electron chi connectivity index (χ1n) is 28.4. The molecule has 5 fully saturated rings. The SMILES string of the molecule is C.C#Cc1cncc(OC[C@@H]2CCN2C(=O)OC(C)(C)C)c1.CC(C)(C)OC(=O)N1CC[C@H]1COc1cncc(-c2cc(COC3CCCCO3)no2)c1.O=[N+]([O-])CCOC1CCCCO1.OCc1cc(-c2cncc(OC[C@@H]3CCN3)c2)on1. The smallest absolute Gasteiger partial charge is 0.410 e. The Balaban J connectivity index is 0.000000191. The number of pyridine rings is 3. The maximum Gasteiger partial charge on any atom is 0.410 e. The quantitative estimate of drug-likeness (QED) is 0.0442. The Morgan fingerprint density at radius 3 is 1.62 bits per heavy atom. The van der Waals surface area contributed by atoms with Crippen molar-refractivity contribution in [3.8, 4) is 52.2 Å². The van der Waals surface area contributed by atoms with Gasteiger partial charge in [-0.1, -0.05) is 23.7 Å². The maximum absolute atomic E-state index is 12.3. The minimum atomic E-state index is -0.513. The van der Waals surface area contributed by atoms with E-state index in [1.54, 1.807) is 59.1 Å². The van der Waals surface area contributed by atoms with E-state index in [4.69, 9.17) is 63.2 Å². The summed E-state index contributed by atoms with van der Waals surface area (Å²) < 4.78 is 60.3. The second-order valence-electron chi connectivity index (χ2n) is 22.3. The average molecular weight is 1190 g/mol. The molecule has 85 heavy (non-hydrogen) atoms. The highest BCUT2D eigenvalue weighted by Crippen LogP contribution is 2.29. The lowest BCUT2D eigenvalue weighted by atomic mass is 10.1. The minimum absolute atomic E-state index is 0. The number of hydrogen-bond donors (Lipinski definition) is 2. The van der Waals surface area contributed by atoms with Crippen molar-refractivity contribution in [3.05, 3.63) is 94.6 Å². The van der Waals surface area contributed by atoms with Gasteiger partial charge in [0.05, 0.1) is 43.9 Å². The van der Waals surface area contributed by atoms with E-state index in [2.05, 4.69) is 36.5 Å². The molecule has 25 nitrogen and oxygen atoms in total. The standard InChI is InChI=1S/C23H31N3O6.C16H20N2O3.C13H15N3O3.C7H13NO4.CH4/c1-23(2,3)31-22(27)26-8-7-18(26)15-29-19-10-16(12-24-13-19)20-11-17(25-32-20)14-30-21-6-4-5-9-28-21;1-5-12-8-14(10-17-9-12)20-11-13-6-7-18(13)15(19)21-16(2,3)4;17-7-11-4-13(19-16-11)9-3-12(6-14-5-9)18-8-10-1-2-15-10;9-8(10)4-6-12-7-3-1-2-5-11-7;/h10-13,18,21H,4-9,14-15H2,1-3H3;1,8-10,13H,6-7,11H2,2-4H3;3-6,10,15,17H,1-2,7-8H2;7H,1-6H2;1H4/t18-,21?;13-;10-;;/m000../s1. The third-order valence-electron chi connectivity index (χ3n) is 13.2. The molecular weight excluding hydrogens is 1100 g/mol. The Hall–Kier alpha value is -7.47. The van der Waals surface area contributed by atoms with Gasteiger partial charge in [-0.3, -0.25) is 25.1 Å². The van der Waals surface area contributed by atoms with Crippen LogP contribution in [0.1, 0.15) is 124 Å². The number of ether oxygens (including phenoxy) is 9. The third-order valence-corrected chi connectivity index (χ3v) is 13.2. The molecule has 5 aromatic heterocycles. The summed E-state index contributed by atoms with van der Waals surface area (Å²) in [7, 11) is 0. The molecule has 2 N–H and O–H groups in total. The van der Waals surface area contributed by atoms with E-state index in [0.29, 0.717) is 97.9 Å².